The van der Waals surface area contributed by atoms with Crippen LogP contribution >= 0.6 is 11.6 Å². The fourth-order valence-corrected chi connectivity index (χ4v) is 5.40. The van der Waals surface area contributed by atoms with Crippen LogP contribution in [0.1, 0.15) is 41.1 Å². The monoisotopic (exact) mass is 516 g/mol. The van der Waals surface area contributed by atoms with Crippen LogP contribution in [0.5, 0.6) is 0 Å². The van der Waals surface area contributed by atoms with Crippen LogP contribution in [0.2, 0.25) is 5.02 Å². The molecule has 37 heavy (non-hydrogen) atoms. The van der Waals surface area contributed by atoms with Gasteiger partial charge in [0.15, 0.2) is 6.61 Å². The molecule has 3 atom stereocenters. The van der Waals surface area contributed by atoms with Crippen molar-refractivity contribution in [3.8, 4) is 0 Å². The third-order valence-electron chi connectivity index (χ3n) is 6.98. The summed E-state index contributed by atoms with van der Waals surface area (Å²) in [6.07, 6.45) is 2.12. The van der Waals surface area contributed by atoms with Crippen molar-refractivity contribution in [2.75, 3.05) is 16.8 Å². The van der Waals surface area contributed by atoms with Crippen molar-refractivity contribution in [3.05, 3.63) is 95.0 Å². The lowest BCUT2D eigenvalue weighted by Crippen LogP contribution is -2.31. The quantitative estimate of drug-likeness (QED) is 0.358. The molecule has 1 saturated carbocycles. The molecular formula is C29H25ClN2O5. The van der Waals surface area contributed by atoms with Gasteiger partial charge in [-0.05, 0) is 67.1 Å². The summed E-state index contributed by atoms with van der Waals surface area (Å²) in [6.45, 7) is -0.498. The number of benzene rings is 3. The first kappa shape index (κ1) is 24.7. The minimum Gasteiger partial charge on any atom is -0.452 e. The molecule has 1 aliphatic carbocycles. The number of halogens is 1. The van der Waals surface area contributed by atoms with Crippen molar-refractivity contribution in [1.29, 1.82) is 0 Å². The number of ether oxygens (including phenoxy) is 1. The molecule has 0 unspecified atom stereocenters. The summed E-state index contributed by atoms with van der Waals surface area (Å²) in [7, 11) is 0. The van der Waals surface area contributed by atoms with Crippen LogP contribution in [0, 0.1) is 11.8 Å². The Morgan fingerprint density at radius 3 is 2.43 bits per heavy atom. The highest BCUT2D eigenvalue weighted by molar-refractivity contribution is 6.30. The predicted octanol–water partition coefficient (Wildman–Crippen LogP) is 5.21. The van der Waals surface area contributed by atoms with Crippen LogP contribution in [0.15, 0.2) is 78.9 Å². The second-order valence-electron chi connectivity index (χ2n) is 9.33. The van der Waals surface area contributed by atoms with Gasteiger partial charge in [-0.15, -0.1) is 0 Å². The zero-order chi connectivity index (χ0) is 25.9. The van der Waals surface area contributed by atoms with E-state index >= 15 is 0 Å². The first-order valence-electron chi connectivity index (χ1n) is 12.2. The van der Waals surface area contributed by atoms with Gasteiger partial charge in [-0.3, -0.25) is 19.3 Å². The van der Waals surface area contributed by atoms with Gasteiger partial charge in [0.1, 0.15) is 0 Å². The minimum atomic E-state index is -0.733. The number of hydrogen-bond acceptors (Lipinski definition) is 5. The van der Waals surface area contributed by atoms with Gasteiger partial charge in [0.2, 0.25) is 11.8 Å². The summed E-state index contributed by atoms with van der Waals surface area (Å²) < 4.78 is 5.15. The van der Waals surface area contributed by atoms with Gasteiger partial charge in [0.25, 0.3) is 5.91 Å². The maximum atomic E-state index is 13.3. The van der Waals surface area contributed by atoms with Gasteiger partial charge in [-0.25, -0.2) is 4.79 Å². The Labute approximate surface area is 219 Å². The van der Waals surface area contributed by atoms with E-state index in [0.717, 1.165) is 6.42 Å². The van der Waals surface area contributed by atoms with Crippen molar-refractivity contribution in [3.63, 3.8) is 0 Å². The Hall–Kier alpha value is -3.97. The summed E-state index contributed by atoms with van der Waals surface area (Å²) in [6, 6.07) is 22.9. The van der Waals surface area contributed by atoms with E-state index in [2.05, 4.69) is 17.4 Å². The summed E-state index contributed by atoms with van der Waals surface area (Å²) in [5, 5.41) is 3.07. The largest absolute Gasteiger partial charge is 0.452 e. The van der Waals surface area contributed by atoms with Crippen LogP contribution in [0.25, 0.3) is 0 Å². The maximum absolute atomic E-state index is 13.3. The Morgan fingerprint density at radius 2 is 1.65 bits per heavy atom. The SMILES string of the molecule is O=C(COC(=O)c1cccc(N2C(=O)[C@@H]3CC[C@@H](c4ccccc4)C[C@H]3C2=O)c1)Nc1cccc(Cl)c1. The Balaban J connectivity index is 1.24. The molecule has 0 radical (unpaired) electrons. The molecule has 0 bridgehead atoms. The van der Waals surface area contributed by atoms with Gasteiger partial charge < -0.3 is 10.1 Å². The zero-order valence-electron chi connectivity index (χ0n) is 19.9. The van der Waals surface area contributed by atoms with Crippen molar-refractivity contribution >= 4 is 46.7 Å². The van der Waals surface area contributed by atoms with Crippen molar-refractivity contribution in [2.45, 2.75) is 25.2 Å². The molecule has 1 N–H and O–H groups in total. The van der Waals surface area contributed by atoms with Crippen LogP contribution in [-0.4, -0.2) is 30.3 Å². The smallest absolute Gasteiger partial charge is 0.338 e. The normalized spacial score (nSPS) is 20.9. The van der Waals surface area contributed by atoms with E-state index in [9.17, 15) is 19.2 Å². The molecule has 3 amide bonds. The number of nitrogens with one attached hydrogen (secondary N) is 1. The lowest BCUT2D eigenvalue weighted by atomic mass is 9.73. The number of fused-ring (bicyclic) bond motifs is 1. The number of imide groups is 1. The summed E-state index contributed by atoms with van der Waals surface area (Å²) in [5.74, 6) is -2.21. The Bertz CT molecular complexity index is 1360. The first-order valence-corrected chi connectivity index (χ1v) is 12.5. The number of anilines is 2. The molecule has 2 aliphatic rings. The summed E-state index contributed by atoms with van der Waals surface area (Å²) in [5.41, 5.74) is 2.14. The third kappa shape index (κ3) is 5.27. The second-order valence-corrected chi connectivity index (χ2v) is 9.77. The molecule has 1 heterocycles. The Kier molecular flexibility index (Phi) is 7.06. The van der Waals surface area contributed by atoms with Gasteiger partial charge in [0.05, 0.1) is 23.1 Å². The second kappa shape index (κ2) is 10.6. The maximum Gasteiger partial charge on any atom is 0.338 e. The molecule has 0 spiro atoms. The van der Waals surface area contributed by atoms with Crippen molar-refractivity contribution in [1.82, 2.24) is 0 Å². The van der Waals surface area contributed by atoms with Crippen molar-refractivity contribution in [2.24, 2.45) is 11.8 Å². The van der Waals surface area contributed by atoms with E-state index in [-0.39, 0.29) is 35.1 Å². The molecular weight excluding hydrogens is 492 g/mol. The summed E-state index contributed by atoms with van der Waals surface area (Å²) >= 11 is 5.91. The van der Waals surface area contributed by atoms with E-state index in [4.69, 9.17) is 16.3 Å². The molecule has 2 fully saturated rings. The van der Waals surface area contributed by atoms with Crippen LogP contribution in [-0.2, 0) is 19.1 Å². The van der Waals surface area contributed by atoms with Gasteiger partial charge in [0, 0.05) is 10.7 Å². The highest BCUT2D eigenvalue weighted by Gasteiger charge is 2.50. The zero-order valence-corrected chi connectivity index (χ0v) is 20.7. The first-order chi connectivity index (χ1) is 17.9. The molecule has 188 valence electrons. The number of rotatable bonds is 6. The van der Waals surface area contributed by atoms with Gasteiger partial charge in [-0.2, -0.15) is 0 Å². The van der Waals surface area contributed by atoms with E-state index < -0.39 is 18.5 Å². The number of hydrogen-bond donors (Lipinski definition) is 1. The molecule has 3 aromatic carbocycles. The fraction of sp³-hybridized carbons (Fsp3) is 0.241. The lowest BCUT2D eigenvalue weighted by molar-refractivity contribution is -0.122. The predicted molar refractivity (Wildman–Crippen MR) is 139 cm³/mol. The van der Waals surface area contributed by atoms with E-state index in [1.165, 1.54) is 22.6 Å². The fourth-order valence-electron chi connectivity index (χ4n) is 5.21. The van der Waals surface area contributed by atoms with Crippen LogP contribution in [0.3, 0.4) is 0 Å². The summed E-state index contributed by atoms with van der Waals surface area (Å²) in [4.78, 5) is 52.6. The standard InChI is InChI=1S/C29H25ClN2O5/c30-21-9-5-10-22(16-21)31-26(33)17-37-29(36)20-8-4-11-23(14-20)32-27(34)24-13-12-19(15-25(24)28(32)35)18-6-2-1-3-7-18/h1-11,14,16,19,24-25H,12-13,15,17H2,(H,31,33)/t19-,24-,25-/m1/s1. The van der Waals surface area contributed by atoms with Gasteiger partial charge >= 0.3 is 5.97 Å². The van der Waals surface area contributed by atoms with Gasteiger partial charge in [-0.1, -0.05) is 54.1 Å². The lowest BCUT2D eigenvalue weighted by Gasteiger charge is -2.28. The topological polar surface area (TPSA) is 92.8 Å². The highest BCUT2D eigenvalue weighted by atomic mass is 35.5. The minimum absolute atomic E-state index is 0.144. The van der Waals surface area contributed by atoms with Crippen LogP contribution in [0.4, 0.5) is 11.4 Å². The van der Waals surface area contributed by atoms with E-state index in [1.54, 1.807) is 36.4 Å². The molecule has 1 saturated heterocycles. The van der Waals surface area contributed by atoms with Crippen molar-refractivity contribution < 1.29 is 23.9 Å². The average molecular weight is 517 g/mol. The number of esters is 1. The average Bonchev–Trinajstić information content (AvgIpc) is 3.17. The third-order valence-corrected chi connectivity index (χ3v) is 7.21. The Morgan fingerprint density at radius 1 is 0.892 bits per heavy atom. The highest BCUT2D eigenvalue weighted by Crippen LogP contribution is 2.45. The van der Waals surface area contributed by atoms with Crippen LogP contribution < -0.4 is 10.2 Å². The molecule has 3 aromatic rings. The van der Waals surface area contributed by atoms with E-state index in [1.807, 2.05) is 18.2 Å². The molecule has 5 rings (SSSR count). The van der Waals surface area contributed by atoms with E-state index in [0.29, 0.717) is 29.2 Å². The molecule has 8 heteroatoms. The molecule has 0 aromatic heterocycles. The molecule has 1 aliphatic heterocycles. The number of carbonyl (C=O) groups is 4. The molecule has 7 nitrogen and oxygen atoms in total. The number of amides is 3. The number of carbonyl (C=O) groups excluding carboxylic acids is 4. The number of nitrogens with zero attached hydrogens (tertiary/aromatic N) is 1.